The van der Waals surface area contributed by atoms with E-state index in [9.17, 15) is 18.8 Å². The number of aromatic nitrogens is 2. The predicted octanol–water partition coefficient (Wildman–Crippen LogP) is 3.94. The largest absolute Gasteiger partial charge is 0.456 e. The molecular weight excluding hydrogens is 413 g/mol. The Morgan fingerprint density at radius 2 is 1.78 bits per heavy atom. The van der Waals surface area contributed by atoms with Gasteiger partial charge in [-0.05, 0) is 61.0 Å². The van der Waals surface area contributed by atoms with E-state index >= 15 is 0 Å². The molecule has 32 heavy (non-hydrogen) atoms. The summed E-state index contributed by atoms with van der Waals surface area (Å²) in [6, 6.07) is 13.1. The van der Waals surface area contributed by atoms with Gasteiger partial charge in [0.1, 0.15) is 18.1 Å². The smallest absolute Gasteiger partial charge is 0.338 e. The normalized spacial score (nSPS) is 13.0. The number of imide groups is 1. The quantitative estimate of drug-likeness (QED) is 0.363. The lowest BCUT2D eigenvalue weighted by Crippen LogP contribution is -2.29. The number of amides is 2. The monoisotopic (exact) mass is 429 g/mol. The number of carbonyl (C=O) groups excluding carboxylic acids is 3. The molecule has 0 unspecified atom stereocenters. The van der Waals surface area contributed by atoms with E-state index in [1.807, 2.05) is 29.7 Å². The van der Waals surface area contributed by atoms with Crippen molar-refractivity contribution in [2.75, 3.05) is 4.90 Å². The number of carbonyl (C=O) groups is 3. The third-order valence-electron chi connectivity index (χ3n) is 5.29. The van der Waals surface area contributed by atoms with Crippen molar-refractivity contribution in [1.29, 1.82) is 0 Å². The Morgan fingerprint density at radius 3 is 2.53 bits per heavy atom. The van der Waals surface area contributed by atoms with Crippen LogP contribution in [0.25, 0.3) is 5.65 Å². The number of halogens is 1. The predicted molar refractivity (Wildman–Crippen MR) is 113 cm³/mol. The first-order valence-electron chi connectivity index (χ1n) is 9.81. The maximum Gasteiger partial charge on any atom is 0.338 e. The van der Waals surface area contributed by atoms with E-state index < -0.39 is 23.6 Å². The molecule has 0 aliphatic carbocycles. The van der Waals surface area contributed by atoms with Crippen molar-refractivity contribution in [3.63, 3.8) is 0 Å². The molecule has 0 N–H and O–H groups in total. The molecule has 158 valence electrons. The van der Waals surface area contributed by atoms with Gasteiger partial charge in [-0.15, -0.1) is 0 Å². The molecule has 1 aliphatic heterocycles. The lowest BCUT2D eigenvalue weighted by Gasteiger charge is -2.13. The van der Waals surface area contributed by atoms with Crippen LogP contribution in [0.2, 0.25) is 0 Å². The Labute approximate surface area is 181 Å². The molecule has 1 aliphatic rings. The molecule has 3 heterocycles. The molecule has 0 radical (unpaired) electrons. The van der Waals surface area contributed by atoms with Crippen LogP contribution in [0.4, 0.5) is 10.1 Å². The maximum atomic E-state index is 13.2. The highest BCUT2D eigenvalue weighted by Gasteiger charge is 2.37. The number of esters is 1. The number of aryl methyl sites for hydroxylation is 1. The zero-order valence-corrected chi connectivity index (χ0v) is 16.9. The van der Waals surface area contributed by atoms with Gasteiger partial charge in [-0.3, -0.25) is 9.59 Å². The van der Waals surface area contributed by atoms with E-state index in [1.165, 1.54) is 42.5 Å². The average molecular weight is 429 g/mol. The van der Waals surface area contributed by atoms with Gasteiger partial charge in [0.15, 0.2) is 0 Å². The molecule has 7 nitrogen and oxygen atoms in total. The van der Waals surface area contributed by atoms with Crippen molar-refractivity contribution in [2.24, 2.45) is 0 Å². The first-order valence-corrected chi connectivity index (χ1v) is 9.81. The molecule has 4 aromatic rings. The lowest BCUT2D eigenvalue weighted by molar-refractivity contribution is 0.0468. The standard InChI is InChI=1S/C24H16FN3O4/c1-14-3-2-10-27-12-17(26-21(14)27)13-32-24(31)15-4-9-19-20(11-15)23(30)28(22(19)29)18-7-5-16(25)6-8-18/h2-12H,13H2,1H3. The van der Waals surface area contributed by atoms with Gasteiger partial charge in [0.2, 0.25) is 0 Å². The summed E-state index contributed by atoms with van der Waals surface area (Å²) in [5, 5.41) is 0. The molecule has 2 amide bonds. The van der Waals surface area contributed by atoms with E-state index in [4.69, 9.17) is 4.74 Å². The number of nitrogens with zero attached hydrogens (tertiary/aromatic N) is 3. The highest BCUT2D eigenvalue weighted by molar-refractivity contribution is 6.34. The zero-order chi connectivity index (χ0) is 22.4. The van der Waals surface area contributed by atoms with Crippen molar-refractivity contribution in [3.05, 3.63) is 101 Å². The van der Waals surface area contributed by atoms with Crippen molar-refractivity contribution >= 4 is 29.1 Å². The van der Waals surface area contributed by atoms with Crippen LogP contribution in [0.1, 0.15) is 42.3 Å². The highest BCUT2D eigenvalue weighted by Crippen LogP contribution is 2.29. The van der Waals surface area contributed by atoms with Crippen LogP contribution in [0.5, 0.6) is 0 Å². The second-order valence-corrected chi connectivity index (χ2v) is 7.41. The molecule has 0 bridgehead atoms. The Balaban J connectivity index is 1.35. The number of benzene rings is 2. The lowest BCUT2D eigenvalue weighted by atomic mass is 10.1. The number of anilines is 1. The Morgan fingerprint density at radius 1 is 1.03 bits per heavy atom. The number of ether oxygens (including phenoxy) is 1. The Kier molecular flexibility index (Phi) is 4.55. The zero-order valence-electron chi connectivity index (χ0n) is 16.9. The van der Waals surface area contributed by atoms with Crippen molar-refractivity contribution in [2.45, 2.75) is 13.5 Å². The number of rotatable bonds is 4. The summed E-state index contributed by atoms with van der Waals surface area (Å²) in [6.45, 7) is 1.90. The van der Waals surface area contributed by atoms with E-state index in [0.717, 1.165) is 16.1 Å². The fourth-order valence-electron chi connectivity index (χ4n) is 3.69. The molecule has 5 rings (SSSR count). The van der Waals surface area contributed by atoms with E-state index in [-0.39, 0.29) is 29.0 Å². The summed E-state index contributed by atoms with van der Waals surface area (Å²) in [5.41, 5.74) is 3.03. The molecule has 2 aromatic heterocycles. The van der Waals surface area contributed by atoms with Crippen molar-refractivity contribution < 1.29 is 23.5 Å². The first kappa shape index (κ1) is 19.6. The average Bonchev–Trinajstić information content (AvgIpc) is 3.32. The topological polar surface area (TPSA) is 81.0 Å². The van der Waals surface area contributed by atoms with Crippen LogP contribution in [-0.2, 0) is 11.3 Å². The van der Waals surface area contributed by atoms with E-state index in [1.54, 1.807) is 6.20 Å². The van der Waals surface area contributed by atoms with Crippen molar-refractivity contribution in [1.82, 2.24) is 9.38 Å². The molecule has 0 saturated carbocycles. The summed E-state index contributed by atoms with van der Waals surface area (Å²) in [5.74, 6) is -2.23. The van der Waals surface area contributed by atoms with Gasteiger partial charge >= 0.3 is 5.97 Å². The second kappa shape index (κ2) is 7.42. The van der Waals surface area contributed by atoms with Gasteiger partial charge in [-0.25, -0.2) is 19.1 Å². The summed E-state index contributed by atoms with van der Waals surface area (Å²) < 4.78 is 20.4. The van der Waals surface area contributed by atoms with Crippen LogP contribution >= 0.6 is 0 Å². The van der Waals surface area contributed by atoms with E-state index in [2.05, 4.69) is 4.98 Å². The molecule has 0 saturated heterocycles. The molecule has 0 atom stereocenters. The molecule has 2 aromatic carbocycles. The summed E-state index contributed by atoms with van der Waals surface area (Å²) in [6.07, 6.45) is 3.64. The number of hydrogen-bond donors (Lipinski definition) is 0. The number of imidazole rings is 1. The number of fused-ring (bicyclic) bond motifs is 2. The Hall–Kier alpha value is -4.33. The van der Waals surface area contributed by atoms with Crippen LogP contribution in [0, 0.1) is 12.7 Å². The minimum atomic E-state index is -0.637. The van der Waals surface area contributed by atoms with Crippen LogP contribution in [0.3, 0.4) is 0 Å². The minimum absolute atomic E-state index is 0.0361. The van der Waals surface area contributed by atoms with Gasteiger partial charge in [-0.2, -0.15) is 0 Å². The Bertz CT molecular complexity index is 1410. The molecular formula is C24H16FN3O4. The van der Waals surface area contributed by atoms with Crippen molar-refractivity contribution in [3.8, 4) is 0 Å². The van der Waals surface area contributed by atoms with Gasteiger partial charge in [-0.1, -0.05) is 6.07 Å². The van der Waals surface area contributed by atoms with Gasteiger partial charge in [0.25, 0.3) is 11.8 Å². The fraction of sp³-hybridized carbons (Fsp3) is 0.0833. The van der Waals surface area contributed by atoms with Crippen LogP contribution in [-0.4, -0.2) is 27.2 Å². The highest BCUT2D eigenvalue weighted by atomic mass is 19.1. The number of pyridine rings is 1. The van der Waals surface area contributed by atoms with Gasteiger partial charge < -0.3 is 9.14 Å². The van der Waals surface area contributed by atoms with E-state index in [0.29, 0.717) is 5.69 Å². The summed E-state index contributed by atoms with van der Waals surface area (Å²) in [4.78, 5) is 43.5. The molecule has 0 spiro atoms. The SMILES string of the molecule is Cc1cccn2cc(COC(=O)c3ccc4c(c3)C(=O)N(c3ccc(F)cc3)C4=O)nc12. The minimum Gasteiger partial charge on any atom is -0.456 e. The summed E-state index contributed by atoms with van der Waals surface area (Å²) >= 11 is 0. The van der Waals surface area contributed by atoms with Gasteiger partial charge in [0.05, 0.1) is 28.1 Å². The fourth-order valence-corrected chi connectivity index (χ4v) is 3.69. The van der Waals surface area contributed by atoms with Crippen LogP contribution in [0.15, 0.2) is 67.0 Å². The molecule has 8 heteroatoms. The maximum absolute atomic E-state index is 13.2. The third-order valence-corrected chi connectivity index (χ3v) is 5.29. The summed E-state index contributed by atoms with van der Waals surface area (Å²) in [7, 11) is 0. The second-order valence-electron chi connectivity index (χ2n) is 7.41. The van der Waals surface area contributed by atoms with Crippen LogP contribution < -0.4 is 4.90 Å². The third kappa shape index (κ3) is 3.22. The first-order chi connectivity index (χ1) is 15.4. The number of hydrogen-bond acceptors (Lipinski definition) is 5. The van der Waals surface area contributed by atoms with Gasteiger partial charge in [0, 0.05) is 12.4 Å². The molecule has 0 fully saturated rings.